The fourth-order valence-corrected chi connectivity index (χ4v) is 1.29. The summed E-state index contributed by atoms with van der Waals surface area (Å²) in [7, 11) is 0. The number of hydrogen-bond donors (Lipinski definition) is 1. The van der Waals surface area contributed by atoms with Gasteiger partial charge >= 0.3 is 0 Å². The highest BCUT2D eigenvalue weighted by molar-refractivity contribution is 5.93. The van der Waals surface area contributed by atoms with Crippen LogP contribution in [0.25, 0.3) is 0 Å². The summed E-state index contributed by atoms with van der Waals surface area (Å²) in [5.74, 6) is 0.565. The van der Waals surface area contributed by atoms with Crippen LogP contribution in [0.15, 0.2) is 5.10 Å². The Balaban J connectivity index is 2.63. The fourth-order valence-electron chi connectivity index (χ4n) is 1.29. The molecule has 4 heteroatoms. The van der Waals surface area contributed by atoms with Gasteiger partial charge in [0.1, 0.15) is 0 Å². The smallest absolute Gasteiger partial charge is 0.243 e. The maximum absolute atomic E-state index is 11.4. The van der Waals surface area contributed by atoms with E-state index < -0.39 is 0 Å². The van der Waals surface area contributed by atoms with Gasteiger partial charge in [0.2, 0.25) is 5.91 Å². The minimum absolute atomic E-state index is 0.117. The second-order valence-electron chi connectivity index (χ2n) is 3.74. The van der Waals surface area contributed by atoms with Gasteiger partial charge in [0.25, 0.3) is 0 Å². The van der Waals surface area contributed by atoms with E-state index >= 15 is 0 Å². The third kappa shape index (κ3) is 2.81. The van der Waals surface area contributed by atoms with Gasteiger partial charge in [-0.3, -0.25) is 4.79 Å². The number of rotatable bonds is 3. The molecule has 1 amide bonds. The lowest BCUT2D eigenvalue weighted by molar-refractivity contribution is -0.132. The van der Waals surface area contributed by atoms with E-state index in [9.17, 15) is 4.79 Å². The van der Waals surface area contributed by atoms with E-state index in [4.69, 9.17) is 5.73 Å². The normalized spacial score (nSPS) is 18.0. The summed E-state index contributed by atoms with van der Waals surface area (Å²) in [5.41, 5.74) is 6.40. The van der Waals surface area contributed by atoms with Crippen molar-refractivity contribution in [3.8, 4) is 0 Å². The SMILES string of the molecule is CC(C)CN1N=C(CN)CCC1=O. The molecule has 0 saturated heterocycles. The summed E-state index contributed by atoms with van der Waals surface area (Å²) in [5, 5.41) is 5.75. The third-order valence-corrected chi connectivity index (χ3v) is 1.95. The predicted octanol–water partition coefficient (Wildman–Crippen LogP) is 0.580. The van der Waals surface area contributed by atoms with E-state index in [2.05, 4.69) is 18.9 Å². The standard InChI is InChI=1S/C9H17N3O/c1-7(2)6-12-9(13)4-3-8(5-10)11-12/h7H,3-6,10H2,1-2H3. The fraction of sp³-hybridized carbons (Fsp3) is 0.778. The van der Waals surface area contributed by atoms with Crippen LogP contribution in [0.1, 0.15) is 26.7 Å². The first-order valence-corrected chi connectivity index (χ1v) is 4.70. The van der Waals surface area contributed by atoms with Gasteiger partial charge in [0.15, 0.2) is 0 Å². The summed E-state index contributed by atoms with van der Waals surface area (Å²) >= 11 is 0. The third-order valence-electron chi connectivity index (χ3n) is 1.95. The van der Waals surface area contributed by atoms with E-state index in [0.717, 1.165) is 12.1 Å². The second-order valence-corrected chi connectivity index (χ2v) is 3.74. The second kappa shape index (κ2) is 4.37. The lowest BCUT2D eigenvalue weighted by Gasteiger charge is -2.24. The molecular weight excluding hydrogens is 166 g/mol. The summed E-state index contributed by atoms with van der Waals surface area (Å²) < 4.78 is 0. The van der Waals surface area contributed by atoms with Crippen molar-refractivity contribution >= 4 is 11.6 Å². The average molecular weight is 183 g/mol. The minimum atomic E-state index is 0.117. The van der Waals surface area contributed by atoms with Gasteiger partial charge < -0.3 is 5.73 Å². The highest BCUT2D eigenvalue weighted by Crippen LogP contribution is 2.10. The number of nitrogens with two attached hydrogens (primary N) is 1. The van der Waals surface area contributed by atoms with Crippen molar-refractivity contribution in [2.45, 2.75) is 26.7 Å². The first kappa shape index (κ1) is 10.2. The van der Waals surface area contributed by atoms with Gasteiger partial charge in [-0.05, 0) is 12.3 Å². The number of carbonyl (C=O) groups excluding carboxylic acids is 1. The molecule has 0 unspecified atom stereocenters. The Morgan fingerprint density at radius 2 is 2.23 bits per heavy atom. The number of amides is 1. The van der Waals surface area contributed by atoms with E-state index in [0.29, 0.717) is 25.4 Å². The van der Waals surface area contributed by atoms with Crippen molar-refractivity contribution in [1.29, 1.82) is 0 Å². The van der Waals surface area contributed by atoms with E-state index in [1.54, 1.807) is 5.01 Å². The molecule has 74 valence electrons. The van der Waals surface area contributed by atoms with Crippen LogP contribution in [0.3, 0.4) is 0 Å². The van der Waals surface area contributed by atoms with Gasteiger partial charge in [-0.15, -0.1) is 0 Å². The molecule has 4 nitrogen and oxygen atoms in total. The van der Waals surface area contributed by atoms with E-state index in [-0.39, 0.29) is 5.91 Å². The van der Waals surface area contributed by atoms with Crippen molar-refractivity contribution in [2.75, 3.05) is 13.1 Å². The highest BCUT2D eigenvalue weighted by atomic mass is 16.2. The Hall–Kier alpha value is -0.900. The van der Waals surface area contributed by atoms with Crippen LogP contribution in [0.2, 0.25) is 0 Å². The monoisotopic (exact) mass is 183 g/mol. The molecule has 0 aromatic heterocycles. The lowest BCUT2D eigenvalue weighted by Crippen LogP contribution is -2.36. The van der Waals surface area contributed by atoms with Crippen LogP contribution < -0.4 is 5.73 Å². The van der Waals surface area contributed by atoms with Crippen LogP contribution in [-0.4, -0.2) is 29.7 Å². The largest absolute Gasteiger partial charge is 0.325 e. The molecule has 0 radical (unpaired) electrons. The van der Waals surface area contributed by atoms with Crippen molar-refractivity contribution < 1.29 is 4.79 Å². The molecule has 0 saturated carbocycles. The van der Waals surface area contributed by atoms with Crippen LogP contribution in [0, 0.1) is 5.92 Å². The zero-order valence-electron chi connectivity index (χ0n) is 8.29. The molecule has 0 fully saturated rings. The summed E-state index contributed by atoms with van der Waals surface area (Å²) in [6.45, 7) is 5.29. The Bertz CT molecular complexity index is 223. The Morgan fingerprint density at radius 3 is 2.77 bits per heavy atom. The first-order valence-electron chi connectivity index (χ1n) is 4.70. The zero-order chi connectivity index (χ0) is 9.84. The zero-order valence-corrected chi connectivity index (χ0v) is 8.29. The van der Waals surface area contributed by atoms with Gasteiger partial charge in [-0.2, -0.15) is 5.10 Å². The predicted molar refractivity (Wildman–Crippen MR) is 52.3 cm³/mol. The molecule has 1 heterocycles. The molecule has 1 aliphatic heterocycles. The number of carbonyl (C=O) groups is 1. The summed E-state index contributed by atoms with van der Waals surface area (Å²) in [4.78, 5) is 11.4. The molecule has 2 N–H and O–H groups in total. The number of nitrogens with zero attached hydrogens (tertiary/aromatic N) is 2. The van der Waals surface area contributed by atoms with Crippen LogP contribution in [0.5, 0.6) is 0 Å². The van der Waals surface area contributed by atoms with Gasteiger partial charge in [-0.1, -0.05) is 13.8 Å². The van der Waals surface area contributed by atoms with Crippen LogP contribution in [0.4, 0.5) is 0 Å². The van der Waals surface area contributed by atoms with Crippen molar-refractivity contribution in [3.05, 3.63) is 0 Å². The molecule has 1 rings (SSSR count). The molecule has 0 spiro atoms. The molecular formula is C9H17N3O. The van der Waals surface area contributed by atoms with E-state index in [1.165, 1.54) is 0 Å². The minimum Gasteiger partial charge on any atom is -0.325 e. The van der Waals surface area contributed by atoms with Crippen molar-refractivity contribution in [2.24, 2.45) is 16.8 Å². The molecule has 0 atom stereocenters. The molecule has 1 aliphatic rings. The Kier molecular flexibility index (Phi) is 3.42. The molecule has 13 heavy (non-hydrogen) atoms. The maximum Gasteiger partial charge on any atom is 0.243 e. The lowest BCUT2D eigenvalue weighted by atomic mass is 10.1. The molecule has 0 aliphatic carbocycles. The molecule has 0 bridgehead atoms. The topological polar surface area (TPSA) is 58.7 Å². The Morgan fingerprint density at radius 1 is 1.54 bits per heavy atom. The molecule has 0 aromatic rings. The maximum atomic E-state index is 11.4. The number of hydrogen-bond acceptors (Lipinski definition) is 3. The van der Waals surface area contributed by atoms with Crippen LogP contribution in [-0.2, 0) is 4.79 Å². The Labute approximate surface area is 78.8 Å². The quantitative estimate of drug-likeness (QED) is 0.695. The van der Waals surface area contributed by atoms with Crippen molar-refractivity contribution in [1.82, 2.24) is 5.01 Å². The highest BCUT2D eigenvalue weighted by Gasteiger charge is 2.19. The van der Waals surface area contributed by atoms with Crippen LogP contribution >= 0.6 is 0 Å². The van der Waals surface area contributed by atoms with Gasteiger partial charge in [0.05, 0.1) is 5.71 Å². The average Bonchev–Trinajstić information content (AvgIpc) is 2.08. The molecule has 0 aromatic carbocycles. The van der Waals surface area contributed by atoms with Gasteiger partial charge in [-0.25, -0.2) is 5.01 Å². The first-order chi connectivity index (χ1) is 6.13. The summed E-state index contributed by atoms with van der Waals surface area (Å²) in [6.07, 6.45) is 1.28. The summed E-state index contributed by atoms with van der Waals surface area (Å²) in [6, 6.07) is 0. The van der Waals surface area contributed by atoms with Crippen molar-refractivity contribution in [3.63, 3.8) is 0 Å². The number of hydrazone groups is 1. The van der Waals surface area contributed by atoms with Gasteiger partial charge in [0, 0.05) is 19.5 Å². The van der Waals surface area contributed by atoms with E-state index in [1.807, 2.05) is 0 Å².